The Morgan fingerprint density at radius 3 is 2.63 bits per heavy atom. The number of aryl methyl sites for hydroxylation is 1. The van der Waals surface area contributed by atoms with Crippen LogP contribution in [0.25, 0.3) is 0 Å². The Balaban J connectivity index is 1.54. The number of carbonyl (C=O) groups excluding carboxylic acids is 1. The van der Waals surface area contributed by atoms with Crippen LogP contribution in [0.1, 0.15) is 49.8 Å². The van der Waals surface area contributed by atoms with Crippen LogP contribution in [0, 0.1) is 11.2 Å². The summed E-state index contributed by atoms with van der Waals surface area (Å²) in [5.41, 5.74) is 1.63. The van der Waals surface area contributed by atoms with E-state index in [1.54, 1.807) is 12.1 Å². The summed E-state index contributed by atoms with van der Waals surface area (Å²) in [6, 6.07) is 8.44. The molecular formula is C21H26FN3O2. The summed E-state index contributed by atoms with van der Waals surface area (Å²) in [4.78, 5) is 13.3. The highest BCUT2D eigenvalue weighted by Crippen LogP contribution is 2.41. The van der Waals surface area contributed by atoms with Gasteiger partial charge in [0.05, 0.1) is 5.41 Å². The summed E-state index contributed by atoms with van der Waals surface area (Å²) in [6.45, 7) is 3.99. The molecule has 0 unspecified atom stereocenters. The van der Waals surface area contributed by atoms with Crippen molar-refractivity contribution in [2.45, 2.75) is 51.5 Å². The third-order valence-electron chi connectivity index (χ3n) is 5.74. The van der Waals surface area contributed by atoms with Crippen molar-refractivity contribution in [3.05, 3.63) is 47.4 Å². The highest BCUT2D eigenvalue weighted by atomic mass is 19.1. The number of carbonyl (C=O) groups is 1. The number of nitrogens with zero attached hydrogens (tertiary/aromatic N) is 2. The topological polar surface area (TPSA) is 56.2 Å². The zero-order valence-corrected chi connectivity index (χ0v) is 15.7. The van der Waals surface area contributed by atoms with Gasteiger partial charge in [-0.3, -0.25) is 9.48 Å². The Hall–Kier alpha value is -2.21. The van der Waals surface area contributed by atoms with Gasteiger partial charge in [0.1, 0.15) is 5.82 Å². The van der Waals surface area contributed by atoms with E-state index in [9.17, 15) is 9.18 Å². The van der Waals surface area contributed by atoms with Gasteiger partial charge >= 0.3 is 0 Å². The van der Waals surface area contributed by atoms with E-state index in [0.29, 0.717) is 44.2 Å². The molecule has 4 rings (SSSR count). The lowest BCUT2D eigenvalue weighted by molar-refractivity contribution is -0.131. The first kappa shape index (κ1) is 18.2. The van der Waals surface area contributed by atoms with Gasteiger partial charge < -0.3 is 10.1 Å². The van der Waals surface area contributed by atoms with E-state index in [1.165, 1.54) is 30.7 Å². The molecule has 1 saturated heterocycles. The Morgan fingerprint density at radius 1 is 1.30 bits per heavy atom. The standard InChI is InChI=1S/C21H26FN3O2/c1-2-25-18(16-5-6-16)13-19(24-25)23-20(26)21(9-11-27-12-10-21)14-15-3-7-17(22)8-4-15/h3-4,7-8,13,16H,2,5-6,9-12,14H2,1H3,(H,23,24,26). The van der Waals surface area contributed by atoms with Crippen LogP contribution in [0.15, 0.2) is 30.3 Å². The van der Waals surface area contributed by atoms with E-state index < -0.39 is 5.41 Å². The second-order valence-corrected chi connectivity index (χ2v) is 7.69. The molecule has 0 atom stereocenters. The van der Waals surface area contributed by atoms with Crippen molar-refractivity contribution in [1.82, 2.24) is 9.78 Å². The molecule has 5 nitrogen and oxygen atoms in total. The minimum atomic E-state index is -0.550. The molecular weight excluding hydrogens is 345 g/mol. The molecule has 2 aromatic rings. The minimum absolute atomic E-state index is 0.0155. The van der Waals surface area contributed by atoms with E-state index in [0.717, 1.165) is 12.1 Å². The van der Waals surface area contributed by atoms with Gasteiger partial charge in [-0.2, -0.15) is 5.10 Å². The van der Waals surface area contributed by atoms with Crippen molar-refractivity contribution in [2.24, 2.45) is 5.41 Å². The van der Waals surface area contributed by atoms with Gasteiger partial charge in [-0.25, -0.2) is 4.39 Å². The van der Waals surface area contributed by atoms with Gasteiger partial charge in [0, 0.05) is 37.4 Å². The highest BCUT2D eigenvalue weighted by Gasteiger charge is 2.40. The molecule has 1 N–H and O–H groups in total. The molecule has 0 radical (unpaired) electrons. The van der Waals surface area contributed by atoms with E-state index >= 15 is 0 Å². The predicted molar refractivity (Wildman–Crippen MR) is 101 cm³/mol. The number of hydrogen-bond donors (Lipinski definition) is 1. The molecule has 1 aliphatic carbocycles. The number of anilines is 1. The normalized spacial score (nSPS) is 19.0. The average molecular weight is 371 g/mol. The lowest BCUT2D eigenvalue weighted by Gasteiger charge is -2.35. The molecule has 6 heteroatoms. The fourth-order valence-corrected chi connectivity index (χ4v) is 3.94. The highest BCUT2D eigenvalue weighted by molar-refractivity contribution is 5.95. The molecule has 2 fully saturated rings. The van der Waals surface area contributed by atoms with Crippen LogP contribution in [-0.4, -0.2) is 28.9 Å². The van der Waals surface area contributed by atoms with Gasteiger partial charge in [-0.05, 0) is 56.7 Å². The number of nitrogens with one attached hydrogen (secondary N) is 1. The molecule has 1 aromatic carbocycles. The number of halogens is 1. The summed E-state index contributed by atoms with van der Waals surface area (Å²) < 4.78 is 20.7. The van der Waals surface area contributed by atoms with Crippen LogP contribution >= 0.6 is 0 Å². The molecule has 1 saturated carbocycles. The van der Waals surface area contributed by atoms with E-state index in [2.05, 4.69) is 17.3 Å². The summed E-state index contributed by atoms with van der Waals surface area (Å²) in [6.07, 6.45) is 4.28. The fraction of sp³-hybridized carbons (Fsp3) is 0.524. The largest absolute Gasteiger partial charge is 0.381 e. The van der Waals surface area contributed by atoms with Crippen LogP contribution in [0.2, 0.25) is 0 Å². The van der Waals surface area contributed by atoms with Crippen molar-refractivity contribution in [1.29, 1.82) is 0 Å². The first-order valence-electron chi connectivity index (χ1n) is 9.81. The van der Waals surface area contributed by atoms with Crippen LogP contribution in [0.4, 0.5) is 10.2 Å². The number of aromatic nitrogens is 2. The lowest BCUT2D eigenvalue weighted by Crippen LogP contribution is -2.42. The Kier molecular flexibility index (Phi) is 5.00. The van der Waals surface area contributed by atoms with Crippen molar-refractivity contribution in [2.75, 3.05) is 18.5 Å². The fourth-order valence-electron chi connectivity index (χ4n) is 3.94. The van der Waals surface area contributed by atoms with Gasteiger partial charge in [0.15, 0.2) is 5.82 Å². The molecule has 144 valence electrons. The average Bonchev–Trinajstić information content (AvgIpc) is 3.45. The van der Waals surface area contributed by atoms with E-state index in [-0.39, 0.29) is 11.7 Å². The summed E-state index contributed by atoms with van der Waals surface area (Å²) in [5.74, 6) is 0.938. The zero-order chi connectivity index (χ0) is 18.9. The van der Waals surface area contributed by atoms with Gasteiger partial charge in [0.2, 0.25) is 5.91 Å². The van der Waals surface area contributed by atoms with Crippen molar-refractivity contribution >= 4 is 11.7 Å². The number of benzene rings is 1. The number of ether oxygens (including phenoxy) is 1. The van der Waals surface area contributed by atoms with Crippen LogP contribution in [0.5, 0.6) is 0 Å². The minimum Gasteiger partial charge on any atom is -0.381 e. The molecule has 2 aliphatic rings. The van der Waals surface area contributed by atoms with Crippen molar-refractivity contribution in [3.8, 4) is 0 Å². The maximum absolute atomic E-state index is 13.3. The zero-order valence-electron chi connectivity index (χ0n) is 15.7. The Morgan fingerprint density at radius 2 is 2.00 bits per heavy atom. The van der Waals surface area contributed by atoms with Gasteiger partial charge in [-0.15, -0.1) is 0 Å². The maximum atomic E-state index is 13.3. The molecule has 0 bridgehead atoms. The summed E-state index contributed by atoms with van der Waals surface area (Å²) in [7, 11) is 0. The SMILES string of the molecule is CCn1nc(NC(=O)C2(Cc3ccc(F)cc3)CCOCC2)cc1C1CC1. The van der Waals surface area contributed by atoms with Gasteiger partial charge in [-0.1, -0.05) is 12.1 Å². The molecule has 1 aromatic heterocycles. The van der Waals surface area contributed by atoms with Crippen LogP contribution < -0.4 is 5.32 Å². The monoisotopic (exact) mass is 371 g/mol. The second kappa shape index (κ2) is 7.43. The second-order valence-electron chi connectivity index (χ2n) is 7.69. The van der Waals surface area contributed by atoms with E-state index in [4.69, 9.17) is 4.74 Å². The number of amides is 1. The number of rotatable bonds is 6. The first-order valence-corrected chi connectivity index (χ1v) is 9.81. The van der Waals surface area contributed by atoms with Crippen molar-refractivity contribution < 1.29 is 13.9 Å². The lowest BCUT2D eigenvalue weighted by atomic mass is 9.74. The Bertz CT molecular complexity index is 805. The third kappa shape index (κ3) is 3.90. The van der Waals surface area contributed by atoms with Gasteiger partial charge in [0.25, 0.3) is 0 Å². The number of hydrogen-bond acceptors (Lipinski definition) is 3. The molecule has 1 aliphatic heterocycles. The quantitative estimate of drug-likeness (QED) is 0.838. The molecule has 0 spiro atoms. The third-order valence-corrected chi connectivity index (χ3v) is 5.74. The summed E-state index contributed by atoms with van der Waals surface area (Å²) >= 11 is 0. The Labute approximate surface area is 158 Å². The molecule has 27 heavy (non-hydrogen) atoms. The molecule has 1 amide bonds. The smallest absolute Gasteiger partial charge is 0.232 e. The van der Waals surface area contributed by atoms with Crippen molar-refractivity contribution in [3.63, 3.8) is 0 Å². The van der Waals surface area contributed by atoms with E-state index in [1.807, 2.05) is 10.7 Å². The summed E-state index contributed by atoms with van der Waals surface area (Å²) in [5, 5.41) is 7.64. The first-order chi connectivity index (χ1) is 13.1. The predicted octanol–water partition coefficient (Wildman–Crippen LogP) is 3.90. The van der Waals surface area contributed by atoms with Crippen LogP contribution in [0.3, 0.4) is 0 Å². The van der Waals surface area contributed by atoms with Crippen LogP contribution in [-0.2, 0) is 22.5 Å². The maximum Gasteiger partial charge on any atom is 0.232 e. The molecule has 2 heterocycles.